The number of hydrogen-bond acceptors (Lipinski definition) is 4. The predicted molar refractivity (Wildman–Crippen MR) is 159 cm³/mol. The molecule has 0 amide bonds. The van der Waals surface area contributed by atoms with E-state index in [-0.39, 0.29) is 17.3 Å². The molecule has 3 aromatic carbocycles. The van der Waals surface area contributed by atoms with Gasteiger partial charge in [-0.25, -0.2) is 4.39 Å². The molecule has 1 N–H and O–H groups in total. The van der Waals surface area contributed by atoms with Crippen molar-refractivity contribution in [1.82, 2.24) is 5.01 Å². The van der Waals surface area contributed by atoms with Crippen LogP contribution in [-0.2, 0) is 6.42 Å². The maximum absolute atomic E-state index is 13.9. The Kier molecular flexibility index (Phi) is 9.97. The molecular weight excluding hydrogens is 491 g/mol. The van der Waals surface area contributed by atoms with Gasteiger partial charge >= 0.3 is 0 Å². The Bertz CT molecular complexity index is 1200. The largest absolute Gasteiger partial charge is 0.390 e. The van der Waals surface area contributed by atoms with Gasteiger partial charge in [-0.3, -0.25) is 5.01 Å². The van der Waals surface area contributed by atoms with E-state index in [0.29, 0.717) is 13.0 Å². The number of hydrazone groups is 1. The van der Waals surface area contributed by atoms with E-state index in [1.54, 1.807) is 6.07 Å². The van der Waals surface area contributed by atoms with Crippen molar-refractivity contribution in [2.45, 2.75) is 50.0 Å². The minimum absolute atomic E-state index is 0.0471. The highest BCUT2D eigenvalue weighted by Crippen LogP contribution is 2.39. The van der Waals surface area contributed by atoms with Crippen LogP contribution in [0.25, 0.3) is 0 Å². The first-order valence-electron chi connectivity index (χ1n) is 13.4. The van der Waals surface area contributed by atoms with E-state index in [1.807, 2.05) is 35.4 Å². The maximum atomic E-state index is 13.9. The minimum atomic E-state index is -0.247. The van der Waals surface area contributed by atoms with Gasteiger partial charge in [-0.1, -0.05) is 85.4 Å². The van der Waals surface area contributed by atoms with Crippen molar-refractivity contribution in [1.29, 1.82) is 0 Å². The van der Waals surface area contributed by atoms with E-state index in [4.69, 9.17) is 5.10 Å². The number of thiol groups is 1. The topological polar surface area (TPSA) is 35.8 Å². The van der Waals surface area contributed by atoms with Crippen molar-refractivity contribution in [3.05, 3.63) is 132 Å². The Morgan fingerprint density at radius 2 is 1.50 bits per heavy atom. The molecule has 3 aromatic rings. The number of rotatable bonds is 10. The second-order valence-corrected chi connectivity index (χ2v) is 10.4. The Balaban J connectivity index is 0.000000360. The van der Waals surface area contributed by atoms with Crippen LogP contribution in [0.2, 0.25) is 0 Å². The highest BCUT2D eigenvalue weighted by Gasteiger charge is 2.38. The van der Waals surface area contributed by atoms with Gasteiger partial charge < -0.3 is 5.11 Å². The first-order valence-corrected chi connectivity index (χ1v) is 14.0. The van der Waals surface area contributed by atoms with Gasteiger partial charge in [-0.2, -0.15) is 17.7 Å². The zero-order valence-electron chi connectivity index (χ0n) is 21.8. The molecule has 198 valence electrons. The molecule has 1 fully saturated rings. The monoisotopic (exact) mass is 528 g/mol. The minimum Gasteiger partial charge on any atom is -0.390 e. The first-order chi connectivity index (χ1) is 18.5. The van der Waals surface area contributed by atoms with Gasteiger partial charge in [0, 0.05) is 6.54 Å². The molecule has 1 saturated carbocycles. The van der Waals surface area contributed by atoms with Crippen LogP contribution >= 0.6 is 12.6 Å². The van der Waals surface area contributed by atoms with Crippen LogP contribution in [0.3, 0.4) is 0 Å². The summed E-state index contributed by atoms with van der Waals surface area (Å²) < 4.78 is 13.9. The third kappa shape index (κ3) is 7.92. The van der Waals surface area contributed by atoms with Gasteiger partial charge in [0.15, 0.2) is 0 Å². The quantitative estimate of drug-likeness (QED) is 0.267. The predicted octanol–water partition coefficient (Wildman–Crippen LogP) is 7.55. The zero-order chi connectivity index (χ0) is 26.8. The Labute approximate surface area is 231 Å². The first kappa shape index (κ1) is 27.9. The summed E-state index contributed by atoms with van der Waals surface area (Å²) in [4.78, 5) is 0. The number of halogens is 1. The molecule has 38 heavy (non-hydrogen) atoms. The summed E-state index contributed by atoms with van der Waals surface area (Å²) in [6, 6.07) is 27.8. The van der Waals surface area contributed by atoms with Gasteiger partial charge in [0.25, 0.3) is 0 Å². The van der Waals surface area contributed by atoms with Crippen LogP contribution in [0, 0.1) is 5.82 Å². The maximum Gasteiger partial charge on any atom is 0.126 e. The normalized spacial score (nSPS) is 15.6. The molecule has 0 spiro atoms. The standard InChI is InChI=1S/C27H25FN2.C6H12OS/c1-21-18-19-26(29-30(21)20-10-16-22-11-8-9-17-25(22)28)27(23-12-4-2-5-13-23)24-14-6-3-7-15-24;7-6(3-4-6)2-1-5-8/h2-9,11-15,17-19,27H,1,10,16,20H2;7-8H,1-5H2. The summed E-state index contributed by atoms with van der Waals surface area (Å²) >= 11 is 4.05. The van der Waals surface area contributed by atoms with Crippen molar-refractivity contribution in [2.24, 2.45) is 5.10 Å². The number of allylic oxidation sites excluding steroid dienone is 2. The SMILES string of the molecule is C=C1C=CC(C(c2ccccc2)c2ccccc2)=NN1CCCc1ccccc1F.OC1(CCCS)CC1. The third-order valence-corrected chi connectivity index (χ3v) is 7.29. The lowest BCUT2D eigenvalue weighted by atomic mass is 9.86. The van der Waals surface area contributed by atoms with E-state index < -0.39 is 0 Å². The van der Waals surface area contributed by atoms with Crippen molar-refractivity contribution in [3.63, 3.8) is 0 Å². The van der Waals surface area contributed by atoms with Gasteiger partial charge in [0.05, 0.1) is 22.9 Å². The molecule has 3 nitrogen and oxygen atoms in total. The molecule has 1 heterocycles. The lowest BCUT2D eigenvalue weighted by Crippen LogP contribution is -2.25. The van der Waals surface area contributed by atoms with E-state index in [2.05, 4.69) is 73.8 Å². The van der Waals surface area contributed by atoms with Gasteiger partial charge in [-0.15, -0.1) is 0 Å². The lowest BCUT2D eigenvalue weighted by molar-refractivity contribution is 0.139. The van der Waals surface area contributed by atoms with Gasteiger partial charge in [0.1, 0.15) is 5.82 Å². The smallest absolute Gasteiger partial charge is 0.126 e. The second kappa shape index (κ2) is 13.6. The molecule has 1 aliphatic heterocycles. The molecule has 0 atom stereocenters. The summed E-state index contributed by atoms with van der Waals surface area (Å²) in [5.74, 6) is 0.806. The van der Waals surface area contributed by atoms with Crippen molar-refractivity contribution < 1.29 is 9.50 Å². The average molecular weight is 529 g/mol. The summed E-state index contributed by atoms with van der Waals surface area (Å²) in [6.45, 7) is 4.83. The van der Waals surface area contributed by atoms with E-state index in [1.165, 1.54) is 17.2 Å². The highest BCUT2D eigenvalue weighted by atomic mass is 32.1. The molecular formula is C33H37FN2OS. The van der Waals surface area contributed by atoms with Crippen LogP contribution in [-0.4, -0.2) is 33.7 Å². The van der Waals surface area contributed by atoms with Gasteiger partial charge in [-0.05, 0) is 79.2 Å². The summed E-state index contributed by atoms with van der Waals surface area (Å²) in [7, 11) is 0. The molecule has 0 bridgehead atoms. The van der Waals surface area contributed by atoms with Crippen molar-refractivity contribution >= 4 is 18.3 Å². The Morgan fingerprint density at radius 3 is 2.08 bits per heavy atom. The second-order valence-electron chi connectivity index (χ2n) is 9.97. The van der Waals surface area contributed by atoms with Crippen LogP contribution in [0.4, 0.5) is 4.39 Å². The number of aryl methyl sites for hydroxylation is 1. The van der Waals surface area contributed by atoms with Crippen molar-refractivity contribution in [3.8, 4) is 0 Å². The van der Waals surface area contributed by atoms with Crippen LogP contribution < -0.4 is 0 Å². The lowest BCUT2D eigenvalue weighted by Gasteiger charge is -2.27. The summed E-state index contributed by atoms with van der Waals surface area (Å²) in [5.41, 5.74) is 4.73. The number of hydrogen-bond donors (Lipinski definition) is 2. The fourth-order valence-electron chi connectivity index (χ4n) is 4.60. The van der Waals surface area contributed by atoms with E-state index in [0.717, 1.165) is 54.8 Å². The molecule has 5 heteroatoms. The number of nitrogens with zero attached hydrogens (tertiary/aromatic N) is 2. The highest BCUT2D eigenvalue weighted by molar-refractivity contribution is 7.80. The number of aliphatic hydroxyl groups is 1. The van der Waals surface area contributed by atoms with E-state index >= 15 is 0 Å². The molecule has 0 saturated heterocycles. The average Bonchev–Trinajstić information content (AvgIpc) is 3.69. The fourth-order valence-corrected chi connectivity index (χ4v) is 4.76. The third-order valence-electron chi connectivity index (χ3n) is 6.98. The summed E-state index contributed by atoms with van der Waals surface area (Å²) in [6.07, 6.45) is 9.58. The number of benzene rings is 3. The van der Waals surface area contributed by atoms with Gasteiger partial charge in [0.2, 0.25) is 0 Å². The molecule has 0 unspecified atom stereocenters. The van der Waals surface area contributed by atoms with Crippen molar-refractivity contribution in [2.75, 3.05) is 12.3 Å². The zero-order valence-corrected chi connectivity index (χ0v) is 22.7. The Morgan fingerprint density at radius 1 is 0.895 bits per heavy atom. The molecule has 0 radical (unpaired) electrons. The molecule has 2 aliphatic rings. The fraction of sp³-hybridized carbons (Fsp3) is 0.303. The Hall–Kier alpha value is -3.15. The summed E-state index contributed by atoms with van der Waals surface area (Å²) in [5, 5.41) is 16.1. The molecule has 1 aliphatic carbocycles. The van der Waals surface area contributed by atoms with E-state index in [9.17, 15) is 9.50 Å². The molecule has 5 rings (SSSR count). The van der Waals surface area contributed by atoms with Crippen LogP contribution in [0.5, 0.6) is 0 Å². The molecule has 0 aromatic heterocycles. The van der Waals surface area contributed by atoms with Crippen LogP contribution in [0.15, 0.2) is 114 Å². The van der Waals surface area contributed by atoms with Crippen LogP contribution in [0.1, 0.15) is 54.7 Å².